The van der Waals surface area contributed by atoms with Crippen LogP contribution < -0.4 is 0 Å². The number of aromatic nitrogens is 3. The molecule has 0 aliphatic carbocycles. The van der Waals surface area contributed by atoms with Crippen molar-refractivity contribution in [3.8, 4) is 0 Å². The Hall–Kier alpha value is -4.96. The number of aryl methyl sites for hydroxylation is 1. The van der Waals surface area contributed by atoms with Gasteiger partial charge in [-0.05, 0) is 54.2 Å². The summed E-state index contributed by atoms with van der Waals surface area (Å²) in [6.07, 6.45) is 7.47. The zero-order chi connectivity index (χ0) is 27.1. The molecule has 1 aliphatic rings. The maximum atomic E-state index is 13.8. The van der Waals surface area contributed by atoms with Crippen LogP contribution in [-0.4, -0.2) is 20.0 Å². The predicted octanol–water partition coefficient (Wildman–Crippen LogP) is 7.66. The Morgan fingerprint density at radius 2 is 1.27 bits per heavy atom. The highest BCUT2D eigenvalue weighted by atomic mass is 16.2. The van der Waals surface area contributed by atoms with Crippen LogP contribution in [-0.2, 0) is 12.0 Å². The van der Waals surface area contributed by atoms with Gasteiger partial charge in [-0.1, -0.05) is 109 Å². The standard InChI is InChI=1S/C36H29N3O/c1-26-32-19-11-12-20-34(32)39-33(26)22-21-27(35(39)40)23-31-24-38(25-37-31)36(28-13-5-2-6-14-28,29-15-7-3-8-16-29)30-17-9-4-10-18-30/h2-20,23-25H,21-22H2,1H3/b27-23+. The van der Waals surface area contributed by atoms with Gasteiger partial charge < -0.3 is 4.57 Å². The fourth-order valence-corrected chi connectivity index (χ4v) is 6.38. The van der Waals surface area contributed by atoms with Crippen LogP contribution in [0.15, 0.2) is 133 Å². The zero-order valence-corrected chi connectivity index (χ0v) is 22.4. The van der Waals surface area contributed by atoms with Gasteiger partial charge in [0.1, 0.15) is 5.54 Å². The number of rotatable bonds is 5. The van der Waals surface area contributed by atoms with Gasteiger partial charge in [0.15, 0.2) is 0 Å². The Balaban J connectivity index is 1.38. The minimum atomic E-state index is -0.634. The van der Waals surface area contributed by atoms with E-state index in [1.54, 1.807) is 0 Å². The molecule has 0 bridgehead atoms. The molecule has 0 radical (unpaired) electrons. The second-order valence-electron chi connectivity index (χ2n) is 10.4. The third kappa shape index (κ3) is 3.68. The summed E-state index contributed by atoms with van der Waals surface area (Å²) in [7, 11) is 0. The van der Waals surface area contributed by atoms with E-state index < -0.39 is 5.54 Å². The number of benzene rings is 4. The van der Waals surface area contributed by atoms with Crippen LogP contribution >= 0.6 is 0 Å². The van der Waals surface area contributed by atoms with Gasteiger partial charge in [-0.3, -0.25) is 9.36 Å². The Morgan fingerprint density at radius 1 is 0.725 bits per heavy atom. The van der Waals surface area contributed by atoms with E-state index in [-0.39, 0.29) is 5.91 Å². The van der Waals surface area contributed by atoms with E-state index in [2.05, 4.69) is 96.6 Å². The minimum Gasteiger partial charge on any atom is -0.318 e. The Kier molecular flexibility index (Phi) is 5.82. The Bertz CT molecular complexity index is 1760. The molecule has 0 amide bonds. The van der Waals surface area contributed by atoms with Crippen LogP contribution in [0.3, 0.4) is 0 Å². The Labute approximate surface area is 233 Å². The summed E-state index contributed by atoms with van der Waals surface area (Å²) in [5.41, 5.74) is 7.62. The first-order valence-electron chi connectivity index (χ1n) is 13.7. The molecule has 7 rings (SSSR count). The molecule has 4 nitrogen and oxygen atoms in total. The molecule has 0 saturated carbocycles. The van der Waals surface area contributed by atoms with Gasteiger partial charge in [0.05, 0.1) is 17.5 Å². The van der Waals surface area contributed by atoms with E-state index in [1.165, 1.54) is 5.56 Å². The fraction of sp³-hybridized carbons (Fsp3) is 0.111. The number of carbonyl (C=O) groups excluding carboxylic acids is 1. The van der Waals surface area contributed by atoms with Gasteiger partial charge in [0.25, 0.3) is 5.91 Å². The van der Waals surface area contributed by atoms with Crippen molar-refractivity contribution in [2.45, 2.75) is 25.3 Å². The smallest absolute Gasteiger partial charge is 0.258 e. The SMILES string of the molecule is Cc1c2n(c3ccccc13)C(=O)/C(=C/c1cn(C(c3ccccc3)(c3ccccc3)c3ccccc3)cn1)CC2. The Morgan fingerprint density at radius 3 is 1.88 bits per heavy atom. The van der Waals surface area contributed by atoms with E-state index in [0.717, 1.165) is 51.0 Å². The summed E-state index contributed by atoms with van der Waals surface area (Å²) in [4.78, 5) is 18.6. The van der Waals surface area contributed by atoms with Crippen molar-refractivity contribution in [2.24, 2.45) is 0 Å². The third-order valence-electron chi connectivity index (χ3n) is 8.25. The van der Waals surface area contributed by atoms with Gasteiger partial charge >= 0.3 is 0 Å². The van der Waals surface area contributed by atoms with E-state index >= 15 is 0 Å². The van der Waals surface area contributed by atoms with Crippen LogP contribution in [0.1, 0.15) is 44.9 Å². The zero-order valence-electron chi connectivity index (χ0n) is 22.4. The molecular weight excluding hydrogens is 490 g/mol. The quantitative estimate of drug-likeness (QED) is 0.173. The van der Waals surface area contributed by atoms with Crippen LogP contribution in [0.5, 0.6) is 0 Å². The molecule has 6 aromatic rings. The molecule has 194 valence electrons. The molecule has 0 spiro atoms. The molecule has 2 aromatic heterocycles. The third-order valence-corrected chi connectivity index (χ3v) is 8.25. The molecule has 0 fully saturated rings. The second kappa shape index (κ2) is 9.65. The highest BCUT2D eigenvalue weighted by Gasteiger charge is 2.38. The molecule has 4 heteroatoms. The largest absolute Gasteiger partial charge is 0.318 e. The molecule has 1 aliphatic heterocycles. The second-order valence-corrected chi connectivity index (χ2v) is 10.4. The average molecular weight is 520 g/mol. The van der Waals surface area contributed by atoms with Crippen molar-refractivity contribution < 1.29 is 4.79 Å². The number of nitrogens with zero attached hydrogens (tertiary/aromatic N) is 3. The lowest BCUT2D eigenvalue weighted by molar-refractivity contribution is 0.0946. The summed E-state index contributed by atoms with van der Waals surface area (Å²) >= 11 is 0. The molecular formula is C36H29N3O. The van der Waals surface area contributed by atoms with Gasteiger partial charge in [-0.15, -0.1) is 0 Å². The lowest BCUT2D eigenvalue weighted by Crippen LogP contribution is -2.36. The number of hydrogen-bond donors (Lipinski definition) is 0. The maximum Gasteiger partial charge on any atom is 0.258 e. The molecule has 40 heavy (non-hydrogen) atoms. The number of carbonyl (C=O) groups is 1. The van der Waals surface area contributed by atoms with Gasteiger partial charge in [0.2, 0.25) is 0 Å². The van der Waals surface area contributed by atoms with Crippen molar-refractivity contribution in [3.63, 3.8) is 0 Å². The van der Waals surface area contributed by atoms with E-state index in [9.17, 15) is 4.79 Å². The molecule has 0 atom stereocenters. The summed E-state index contributed by atoms with van der Waals surface area (Å²) in [5.74, 6) is 0.0422. The van der Waals surface area contributed by atoms with Crippen LogP contribution in [0.2, 0.25) is 0 Å². The van der Waals surface area contributed by atoms with Crippen molar-refractivity contribution in [1.82, 2.24) is 14.1 Å². The summed E-state index contributed by atoms with van der Waals surface area (Å²) in [6, 6.07) is 39.8. The summed E-state index contributed by atoms with van der Waals surface area (Å²) < 4.78 is 4.09. The van der Waals surface area contributed by atoms with Crippen LogP contribution in [0, 0.1) is 6.92 Å². The highest BCUT2D eigenvalue weighted by Crippen LogP contribution is 2.41. The number of fused-ring (bicyclic) bond motifs is 3. The molecule has 0 N–H and O–H groups in total. The minimum absolute atomic E-state index is 0.0422. The first-order chi connectivity index (χ1) is 19.7. The number of allylic oxidation sites excluding steroid dienone is 1. The normalized spacial score (nSPS) is 14.5. The maximum absolute atomic E-state index is 13.8. The van der Waals surface area contributed by atoms with Crippen molar-refractivity contribution in [3.05, 3.63) is 167 Å². The predicted molar refractivity (Wildman–Crippen MR) is 160 cm³/mol. The fourth-order valence-electron chi connectivity index (χ4n) is 6.38. The lowest BCUT2D eigenvalue weighted by atomic mass is 9.77. The van der Waals surface area contributed by atoms with Gasteiger partial charge in [0, 0.05) is 22.9 Å². The van der Waals surface area contributed by atoms with Crippen molar-refractivity contribution in [1.29, 1.82) is 0 Å². The number of hydrogen-bond acceptors (Lipinski definition) is 2. The first kappa shape index (κ1) is 24.1. The van der Waals surface area contributed by atoms with Gasteiger partial charge in [-0.2, -0.15) is 0 Å². The summed E-state index contributed by atoms with van der Waals surface area (Å²) in [6.45, 7) is 2.12. The van der Waals surface area contributed by atoms with Crippen molar-refractivity contribution in [2.75, 3.05) is 0 Å². The number of para-hydroxylation sites is 1. The topological polar surface area (TPSA) is 39.8 Å². The average Bonchev–Trinajstić information content (AvgIpc) is 3.60. The van der Waals surface area contributed by atoms with E-state index in [4.69, 9.17) is 4.98 Å². The lowest BCUT2D eigenvalue weighted by Gasteiger charge is -2.37. The molecule has 0 unspecified atom stereocenters. The molecule has 3 heterocycles. The first-order valence-corrected chi connectivity index (χ1v) is 13.7. The monoisotopic (exact) mass is 519 g/mol. The molecule has 0 saturated heterocycles. The summed E-state index contributed by atoms with van der Waals surface area (Å²) in [5, 5.41) is 1.15. The van der Waals surface area contributed by atoms with Crippen LogP contribution in [0.4, 0.5) is 0 Å². The van der Waals surface area contributed by atoms with Crippen molar-refractivity contribution >= 4 is 22.9 Å². The van der Waals surface area contributed by atoms with E-state index in [0.29, 0.717) is 6.42 Å². The number of imidazole rings is 1. The van der Waals surface area contributed by atoms with Gasteiger partial charge in [-0.25, -0.2) is 4.98 Å². The molecule has 4 aromatic carbocycles. The van der Waals surface area contributed by atoms with E-state index in [1.807, 2.05) is 53.4 Å². The highest BCUT2D eigenvalue weighted by molar-refractivity contribution is 6.07. The van der Waals surface area contributed by atoms with Crippen LogP contribution in [0.25, 0.3) is 17.0 Å².